The molecule has 9 amide bonds. The van der Waals surface area contributed by atoms with Gasteiger partial charge in [-0.1, -0.05) is 78.3 Å². The van der Waals surface area contributed by atoms with Gasteiger partial charge in [-0.05, 0) is 85.6 Å². The van der Waals surface area contributed by atoms with Crippen LogP contribution in [0.15, 0.2) is 59.7 Å². The minimum Gasteiger partial charge on any atom is -0.508 e. The molecule has 3 aromatic rings. The molecule has 2 heterocycles. The molecule has 2 aromatic carbocycles. The van der Waals surface area contributed by atoms with E-state index in [1.807, 2.05) is 32.0 Å². The number of aromatic hydroxyl groups is 1. The van der Waals surface area contributed by atoms with E-state index in [2.05, 4.69) is 47.2 Å². The first-order chi connectivity index (χ1) is 39.2. The maximum absolute atomic E-state index is 14.8. The molecule has 1 fully saturated rings. The minimum atomic E-state index is -1.64. The number of aromatic nitrogens is 1. The van der Waals surface area contributed by atoms with Crippen molar-refractivity contribution in [1.29, 1.82) is 0 Å². The highest BCUT2D eigenvalue weighted by atomic mass is 16.4. The summed E-state index contributed by atoms with van der Waals surface area (Å²) in [4.78, 5) is 146. The highest BCUT2D eigenvalue weighted by Gasteiger charge is 2.41. The minimum absolute atomic E-state index is 0.00952. The zero-order valence-electron chi connectivity index (χ0n) is 47.9. The van der Waals surface area contributed by atoms with Gasteiger partial charge >= 0.3 is 5.97 Å². The number of primary amides is 1. The molecule has 83 heavy (non-hydrogen) atoms. The first-order valence-corrected chi connectivity index (χ1v) is 27.9. The number of guanidine groups is 1. The van der Waals surface area contributed by atoms with E-state index in [1.165, 1.54) is 24.3 Å². The van der Waals surface area contributed by atoms with Crippen molar-refractivity contribution < 1.29 is 63.3 Å². The lowest BCUT2D eigenvalue weighted by Gasteiger charge is -2.31. The van der Waals surface area contributed by atoms with Gasteiger partial charge in [0.1, 0.15) is 60.1 Å². The maximum atomic E-state index is 14.8. The van der Waals surface area contributed by atoms with E-state index in [9.17, 15) is 63.3 Å². The second-order valence-corrected chi connectivity index (χ2v) is 21.9. The van der Waals surface area contributed by atoms with E-state index in [1.54, 1.807) is 40.0 Å². The molecule has 19 N–H and O–H groups in total. The molecule has 1 aromatic heterocycles. The quantitative estimate of drug-likeness (QED) is 0.0188. The number of nitrogens with two attached hydrogens (primary N) is 4. The lowest BCUT2D eigenvalue weighted by Crippen LogP contribution is -2.61. The summed E-state index contributed by atoms with van der Waals surface area (Å²) in [7, 11) is 0. The number of H-pyrrole nitrogens is 1. The van der Waals surface area contributed by atoms with Gasteiger partial charge in [-0.15, -0.1) is 0 Å². The molecule has 10 atom stereocenters. The number of phenols is 1. The third-order valence-corrected chi connectivity index (χ3v) is 14.2. The molecule has 1 aliphatic heterocycles. The number of phenolic OH excluding ortho intramolecular Hbond substituents is 1. The first kappa shape index (κ1) is 67.2. The fourth-order valence-corrected chi connectivity index (χ4v) is 9.55. The number of carbonyl (C=O) groups is 10. The van der Waals surface area contributed by atoms with Crippen LogP contribution in [0.5, 0.6) is 5.75 Å². The number of hydrogen-bond acceptors (Lipinski definition) is 14. The van der Waals surface area contributed by atoms with Crippen LogP contribution in [0, 0.1) is 17.8 Å². The SMILES string of the molecule is CC[C@H](C)[C@H](NC(=O)[C@H](CCCN=C(N)N)NC(=O)[C@H](CC(C)C)NC(=O)[C@H](Cc1c[nH]c2ccccc12)NC(=O)[C@H](CC(C)C)NC(=O)[C@@H]1CCCN1C(=O)[C@H](CC(N)=O)NC(=O)[C@H](Cc1ccc(O)cc1)NC(=O)[C@@H](N)CO)C(=O)O. The van der Waals surface area contributed by atoms with Gasteiger partial charge in [-0.2, -0.15) is 0 Å². The van der Waals surface area contributed by atoms with E-state index in [0.717, 1.165) is 15.8 Å². The van der Waals surface area contributed by atoms with E-state index in [4.69, 9.17) is 22.9 Å². The standard InChI is InChI=1S/C56H84N14O13/c1-7-31(6)46(55(82)83)69-48(75)38(14-10-20-61-56(59)60)63-49(76)39(22-29(2)3)65-52(79)42(25-33-27-62-37-13-9-8-12-35(33)37)66-50(77)40(23-30(4)5)67-53(80)44-15-11-21-70(44)54(81)43(26-45(58)73)68-51(78)41(64-47(74)36(57)28-71)24-32-16-18-34(72)19-17-32/h8-9,12-13,16-19,27,29-31,36,38-44,46,62,71-72H,7,10-11,14-15,20-26,28,57H2,1-6H3,(H2,58,73)(H,63,76)(H,64,74)(H,65,79)(H,66,77)(H,67,80)(H,68,78)(H,69,75)(H,82,83)(H4,59,60,61)/t31-,36-,38-,39-,40-,41-,42-,43-,44-,46-/m0/s1. The van der Waals surface area contributed by atoms with Crippen molar-refractivity contribution in [2.24, 2.45) is 45.7 Å². The molecule has 456 valence electrons. The van der Waals surface area contributed by atoms with Crippen LogP contribution >= 0.6 is 0 Å². The molecular weight excluding hydrogens is 1080 g/mol. The number of benzene rings is 2. The molecule has 1 saturated heterocycles. The number of para-hydroxylation sites is 1. The van der Waals surface area contributed by atoms with Gasteiger partial charge < -0.3 is 85.4 Å². The fourth-order valence-electron chi connectivity index (χ4n) is 9.55. The topological polar surface area (TPSA) is 451 Å². The first-order valence-electron chi connectivity index (χ1n) is 27.9. The Morgan fingerprint density at radius 2 is 1.24 bits per heavy atom. The third-order valence-electron chi connectivity index (χ3n) is 14.2. The number of nitrogens with one attached hydrogen (secondary N) is 8. The summed E-state index contributed by atoms with van der Waals surface area (Å²) in [6.07, 6.45) is 1.76. The number of carbonyl (C=O) groups excluding carboxylic acids is 9. The number of hydrogen-bond donors (Lipinski definition) is 15. The van der Waals surface area contributed by atoms with Crippen molar-refractivity contribution in [2.75, 3.05) is 19.7 Å². The summed E-state index contributed by atoms with van der Waals surface area (Å²) in [6, 6.07) is 0.663. The summed E-state index contributed by atoms with van der Waals surface area (Å²) in [5.74, 6) is -10.1. The number of likely N-dealkylation sites (tertiary alicyclic amines) is 1. The Balaban J connectivity index is 1.63. The second kappa shape index (κ2) is 32.3. The summed E-state index contributed by atoms with van der Waals surface area (Å²) < 4.78 is 0. The zero-order valence-corrected chi connectivity index (χ0v) is 47.9. The molecule has 0 aliphatic carbocycles. The monoisotopic (exact) mass is 1160 g/mol. The molecule has 0 radical (unpaired) electrons. The second-order valence-electron chi connectivity index (χ2n) is 21.9. The van der Waals surface area contributed by atoms with Gasteiger partial charge in [0.05, 0.1) is 13.0 Å². The molecule has 1 aliphatic rings. The number of carboxylic acid groups (broad SMARTS) is 1. The number of aliphatic imine (C=N–C) groups is 1. The van der Waals surface area contributed by atoms with Gasteiger partial charge in [0.15, 0.2) is 5.96 Å². The van der Waals surface area contributed by atoms with Crippen molar-refractivity contribution >= 4 is 76.0 Å². The number of aliphatic carboxylic acids is 1. The number of carboxylic acids is 1. The van der Waals surface area contributed by atoms with E-state index in [0.29, 0.717) is 24.0 Å². The smallest absolute Gasteiger partial charge is 0.326 e. The number of rotatable bonds is 33. The lowest BCUT2D eigenvalue weighted by molar-refractivity contribution is -0.144. The Morgan fingerprint density at radius 3 is 1.82 bits per heavy atom. The number of nitrogens with zero attached hydrogens (tertiary/aromatic N) is 2. The van der Waals surface area contributed by atoms with Gasteiger partial charge in [0.2, 0.25) is 53.2 Å². The molecule has 4 rings (SSSR count). The highest BCUT2D eigenvalue weighted by molar-refractivity contribution is 5.99. The van der Waals surface area contributed by atoms with Gasteiger partial charge in [-0.3, -0.25) is 48.1 Å². The average Bonchev–Trinajstić information content (AvgIpc) is 4.12. The molecule has 0 bridgehead atoms. The van der Waals surface area contributed by atoms with Gasteiger partial charge in [0, 0.05) is 43.0 Å². The van der Waals surface area contributed by atoms with Crippen LogP contribution in [0.25, 0.3) is 10.9 Å². The van der Waals surface area contributed by atoms with E-state index in [-0.39, 0.29) is 81.6 Å². The van der Waals surface area contributed by atoms with Crippen molar-refractivity contribution in [2.45, 2.75) is 160 Å². The Hall–Kier alpha value is -8.33. The van der Waals surface area contributed by atoms with Crippen LogP contribution in [-0.4, -0.2) is 164 Å². The van der Waals surface area contributed by atoms with Gasteiger partial charge in [0.25, 0.3) is 0 Å². The van der Waals surface area contributed by atoms with Crippen LogP contribution in [0.4, 0.5) is 0 Å². The summed E-state index contributed by atoms with van der Waals surface area (Å²) >= 11 is 0. The maximum Gasteiger partial charge on any atom is 0.326 e. The molecular formula is C56H84N14O13. The normalized spacial score (nSPS) is 16.4. The van der Waals surface area contributed by atoms with Crippen LogP contribution in [0.1, 0.15) is 104 Å². The Kier molecular flexibility index (Phi) is 26.2. The van der Waals surface area contributed by atoms with Gasteiger partial charge in [-0.25, -0.2) is 4.79 Å². The summed E-state index contributed by atoms with van der Waals surface area (Å²) in [6.45, 7) is 9.97. The molecule has 0 unspecified atom stereocenters. The number of fused-ring (bicyclic) bond motifs is 1. The molecule has 0 spiro atoms. The summed E-state index contributed by atoms with van der Waals surface area (Å²) in [5.41, 5.74) is 24.1. The van der Waals surface area contributed by atoms with Crippen molar-refractivity contribution in [3.05, 3.63) is 65.9 Å². The zero-order chi connectivity index (χ0) is 61.7. The third kappa shape index (κ3) is 20.9. The highest BCUT2D eigenvalue weighted by Crippen LogP contribution is 2.23. The van der Waals surface area contributed by atoms with Crippen LogP contribution < -0.4 is 60.2 Å². The van der Waals surface area contributed by atoms with E-state index >= 15 is 0 Å². The van der Waals surface area contributed by atoms with Crippen molar-refractivity contribution in [1.82, 2.24) is 47.1 Å². The summed E-state index contributed by atoms with van der Waals surface area (Å²) in [5, 5.41) is 48.6. The Labute approximate surface area is 482 Å². The number of aromatic amines is 1. The van der Waals surface area contributed by atoms with Crippen LogP contribution in [-0.2, 0) is 60.8 Å². The van der Waals surface area contributed by atoms with E-state index < -0.39 is 132 Å². The molecule has 27 heteroatoms. The predicted molar refractivity (Wildman–Crippen MR) is 307 cm³/mol. The molecule has 27 nitrogen and oxygen atoms in total. The Morgan fingerprint density at radius 1 is 0.699 bits per heavy atom. The van der Waals surface area contributed by atoms with Crippen molar-refractivity contribution in [3.8, 4) is 5.75 Å². The van der Waals surface area contributed by atoms with Crippen molar-refractivity contribution in [3.63, 3.8) is 0 Å². The number of aliphatic hydroxyl groups is 1. The average molecular weight is 1160 g/mol. The largest absolute Gasteiger partial charge is 0.508 e. The predicted octanol–water partition coefficient (Wildman–Crippen LogP) is -1.49. The van der Waals surface area contributed by atoms with Crippen LogP contribution in [0.2, 0.25) is 0 Å². The number of aliphatic hydroxyl groups excluding tert-OH is 1. The Bertz CT molecular complexity index is 2770. The number of amides is 9. The van der Waals surface area contributed by atoms with Crippen LogP contribution in [0.3, 0.4) is 0 Å². The fraction of sp³-hybridized carbons (Fsp3) is 0.554. The molecule has 0 saturated carbocycles. The lowest BCUT2D eigenvalue weighted by atomic mass is 9.98.